The van der Waals surface area contributed by atoms with E-state index < -0.39 is 0 Å². The van der Waals surface area contributed by atoms with Crippen LogP contribution in [0, 0.1) is 6.92 Å². The minimum Gasteiger partial charge on any atom is -0.467 e. The van der Waals surface area contributed by atoms with Crippen LogP contribution in [0.1, 0.15) is 29.9 Å². The first kappa shape index (κ1) is 17.7. The molecule has 134 valence electrons. The number of hydrogen-bond donors (Lipinski definition) is 3. The van der Waals surface area contributed by atoms with Crippen molar-refractivity contribution in [2.45, 2.75) is 26.4 Å². The number of hydrogen-bond acceptors (Lipinski definition) is 2. The van der Waals surface area contributed by atoms with Crippen molar-refractivity contribution in [1.82, 2.24) is 5.32 Å². The number of furan rings is 1. The molecule has 2 aromatic rings. The van der Waals surface area contributed by atoms with Crippen molar-refractivity contribution in [2.24, 2.45) is 0 Å². The van der Waals surface area contributed by atoms with Crippen molar-refractivity contribution < 1.29 is 19.0 Å². The highest BCUT2D eigenvalue weighted by Crippen LogP contribution is 2.11. The van der Waals surface area contributed by atoms with Gasteiger partial charge in [0.25, 0.3) is 5.91 Å². The summed E-state index contributed by atoms with van der Waals surface area (Å²) in [5.41, 5.74) is 2.81. The summed E-state index contributed by atoms with van der Waals surface area (Å²) in [6.07, 6.45) is 1.64. The van der Waals surface area contributed by atoms with Crippen molar-refractivity contribution in [3.05, 3.63) is 59.5 Å². The first-order chi connectivity index (χ1) is 12.1. The number of piperazine rings is 1. The van der Waals surface area contributed by atoms with Crippen LogP contribution in [0.4, 0.5) is 0 Å². The van der Waals surface area contributed by atoms with E-state index in [4.69, 9.17) is 4.42 Å². The van der Waals surface area contributed by atoms with Crippen molar-refractivity contribution in [2.75, 3.05) is 32.7 Å². The van der Waals surface area contributed by atoms with Gasteiger partial charge < -0.3 is 19.5 Å². The van der Waals surface area contributed by atoms with E-state index in [1.165, 1.54) is 16.0 Å². The van der Waals surface area contributed by atoms with E-state index in [0.29, 0.717) is 6.54 Å². The largest absolute Gasteiger partial charge is 0.467 e. The zero-order chi connectivity index (χ0) is 17.6. The second-order valence-corrected chi connectivity index (χ2v) is 7.08. The van der Waals surface area contributed by atoms with Gasteiger partial charge >= 0.3 is 0 Å². The van der Waals surface area contributed by atoms with E-state index in [9.17, 15) is 4.79 Å². The van der Waals surface area contributed by atoms with Crippen LogP contribution in [-0.2, 0) is 11.3 Å². The second kappa shape index (κ2) is 8.32. The van der Waals surface area contributed by atoms with Crippen LogP contribution in [0.3, 0.4) is 0 Å². The van der Waals surface area contributed by atoms with Crippen molar-refractivity contribution in [1.29, 1.82) is 0 Å². The number of nitrogens with one attached hydrogen (secondary N) is 3. The molecule has 0 unspecified atom stereocenters. The van der Waals surface area contributed by atoms with Gasteiger partial charge in [0.2, 0.25) is 0 Å². The highest BCUT2D eigenvalue weighted by molar-refractivity contribution is 5.77. The van der Waals surface area contributed by atoms with Gasteiger partial charge in [0.1, 0.15) is 38.5 Å². The van der Waals surface area contributed by atoms with Gasteiger partial charge in [0, 0.05) is 5.56 Å². The second-order valence-electron chi connectivity index (χ2n) is 7.08. The molecule has 0 bridgehead atoms. The number of rotatable bonds is 6. The van der Waals surface area contributed by atoms with Gasteiger partial charge in [-0.05, 0) is 31.5 Å². The van der Waals surface area contributed by atoms with Gasteiger partial charge in [-0.25, -0.2) is 0 Å². The molecular formula is C20H29N3O2+2. The Morgan fingerprint density at radius 2 is 1.84 bits per heavy atom. The SMILES string of the molecule is Cc1ccccc1C[NH+]1CC[NH+](CC(=O)N[C@H](C)c2ccco2)CC1. The van der Waals surface area contributed by atoms with Crippen LogP contribution in [0.2, 0.25) is 0 Å². The van der Waals surface area contributed by atoms with Gasteiger partial charge in [-0.15, -0.1) is 0 Å². The minimum atomic E-state index is -0.0742. The van der Waals surface area contributed by atoms with Gasteiger partial charge in [0.05, 0.1) is 12.3 Å². The fraction of sp³-hybridized carbons (Fsp3) is 0.450. The molecule has 1 amide bonds. The normalized spacial score (nSPS) is 21.7. The smallest absolute Gasteiger partial charge is 0.275 e. The Labute approximate surface area is 149 Å². The lowest BCUT2D eigenvalue weighted by Crippen LogP contribution is -3.28. The zero-order valence-corrected chi connectivity index (χ0v) is 15.2. The molecule has 2 heterocycles. The molecule has 0 spiro atoms. The molecule has 1 fully saturated rings. The van der Waals surface area contributed by atoms with E-state index >= 15 is 0 Å². The molecule has 5 heteroatoms. The van der Waals surface area contributed by atoms with Gasteiger partial charge in [0.15, 0.2) is 6.54 Å². The summed E-state index contributed by atoms with van der Waals surface area (Å²) < 4.78 is 5.34. The summed E-state index contributed by atoms with van der Waals surface area (Å²) in [5, 5.41) is 3.03. The molecule has 1 aromatic heterocycles. The number of carbonyl (C=O) groups excluding carboxylic acids is 1. The lowest BCUT2D eigenvalue weighted by molar-refractivity contribution is -1.02. The summed E-state index contributed by atoms with van der Waals surface area (Å²) >= 11 is 0. The Bertz CT molecular complexity index is 676. The van der Waals surface area contributed by atoms with Crippen molar-refractivity contribution in [3.63, 3.8) is 0 Å². The van der Waals surface area contributed by atoms with Crippen LogP contribution in [-0.4, -0.2) is 38.6 Å². The third kappa shape index (κ3) is 4.94. The Morgan fingerprint density at radius 1 is 1.12 bits per heavy atom. The summed E-state index contributed by atoms with van der Waals surface area (Å²) in [6, 6.07) is 12.3. The Morgan fingerprint density at radius 3 is 2.52 bits per heavy atom. The lowest BCUT2D eigenvalue weighted by atomic mass is 10.1. The zero-order valence-electron chi connectivity index (χ0n) is 15.2. The topological polar surface area (TPSA) is 51.1 Å². The maximum Gasteiger partial charge on any atom is 0.275 e. The van der Waals surface area contributed by atoms with E-state index in [1.54, 1.807) is 11.2 Å². The average molecular weight is 343 g/mol. The third-order valence-corrected chi connectivity index (χ3v) is 5.12. The van der Waals surface area contributed by atoms with E-state index in [0.717, 1.165) is 38.5 Å². The number of carbonyl (C=O) groups is 1. The Hall–Kier alpha value is -2.11. The van der Waals surface area contributed by atoms with E-state index in [-0.39, 0.29) is 11.9 Å². The van der Waals surface area contributed by atoms with Crippen molar-refractivity contribution >= 4 is 5.91 Å². The molecular weight excluding hydrogens is 314 g/mol. The fourth-order valence-electron chi connectivity index (χ4n) is 3.52. The molecule has 0 aliphatic carbocycles. The van der Waals surface area contributed by atoms with Crippen LogP contribution in [0.25, 0.3) is 0 Å². The summed E-state index contributed by atoms with van der Waals surface area (Å²) in [4.78, 5) is 15.2. The maximum atomic E-state index is 12.3. The van der Waals surface area contributed by atoms with Crippen LogP contribution in [0.15, 0.2) is 47.1 Å². The van der Waals surface area contributed by atoms with Gasteiger partial charge in [-0.2, -0.15) is 0 Å². The van der Waals surface area contributed by atoms with Gasteiger partial charge in [-0.3, -0.25) is 4.79 Å². The quantitative estimate of drug-likeness (QED) is 0.677. The molecule has 3 N–H and O–H groups in total. The van der Waals surface area contributed by atoms with Crippen LogP contribution >= 0.6 is 0 Å². The molecule has 1 atom stereocenters. The monoisotopic (exact) mass is 343 g/mol. The average Bonchev–Trinajstić information content (AvgIpc) is 3.13. The highest BCUT2D eigenvalue weighted by atomic mass is 16.3. The third-order valence-electron chi connectivity index (χ3n) is 5.12. The summed E-state index contributed by atoms with van der Waals surface area (Å²) in [7, 11) is 0. The molecule has 1 aliphatic heterocycles. The molecule has 1 aromatic carbocycles. The van der Waals surface area contributed by atoms with E-state index in [2.05, 4.69) is 36.5 Å². The van der Waals surface area contributed by atoms with Crippen LogP contribution in [0.5, 0.6) is 0 Å². The van der Waals surface area contributed by atoms with E-state index in [1.807, 2.05) is 19.1 Å². The first-order valence-electron chi connectivity index (χ1n) is 9.16. The lowest BCUT2D eigenvalue weighted by Gasteiger charge is -2.29. The first-order valence-corrected chi connectivity index (χ1v) is 9.16. The molecule has 3 rings (SSSR count). The molecule has 0 radical (unpaired) electrons. The maximum absolute atomic E-state index is 12.3. The predicted octanol–water partition coefficient (Wildman–Crippen LogP) is -0.251. The van der Waals surface area contributed by atoms with Gasteiger partial charge in [-0.1, -0.05) is 24.3 Å². The molecule has 1 saturated heterocycles. The number of benzene rings is 1. The Balaban J connectivity index is 1.41. The molecule has 25 heavy (non-hydrogen) atoms. The minimum absolute atomic E-state index is 0.0742. The standard InChI is InChI=1S/C20H27N3O2/c1-16-6-3-4-7-18(16)14-22-9-11-23(12-10-22)15-20(24)21-17(2)19-8-5-13-25-19/h3-8,13,17H,9-12,14-15H2,1-2H3,(H,21,24)/p+2/t17-/m1/s1. The van der Waals surface area contributed by atoms with Crippen LogP contribution < -0.4 is 15.1 Å². The summed E-state index contributed by atoms with van der Waals surface area (Å²) in [5.74, 6) is 0.900. The molecule has 1 aliphatic rings. The number of aryl methyl sites for hydroxylation is 1. The molecule has 0 saturated carbocycles. The summed E-state index contributed by atoms with van der Waals surface area (Å²) in [6.45, 7) is 10.1. The Kier molecular flexibility index (Phi) is 5.89. The van der Waals surface area contributed by atoms with Crippen molar-refractivity contribution in [3.8, 4) is 0 Å². The molecule has 5 nitrogen and oxygen atoms in total. The predicted molar refractivity (Wildman–Crippen MR) is 96.4 cm³/mol. The number of amides is 1. The highest BCUT2D eigenvalue weighted by Gasteiger charge is 2.25. The number of quaternary nitrogens is 2. The fourth-order valence-corrected chi connectivity index (χ4v) is 3.52.